The maximum absolute atomic E-state index is 14.5. The third-order valence-electron chi connectivity index (χ3n) is 4.31. The largest absolute Gasteiger partial charge is 0.454 e. The molecule has 156 valence electrons. The van der Waals surface area contributed by atoms with E-state index >= 15 is 0 Å². The van der Waals surface area contributed by atoms with Gasteiger partial charge in [0.25, 0.3) is 5.91 Å². The van der Waals surface area contributed by atoms with E-state index in [9.17, 15) is 22.4 Å². The van der Waals surface area contributed by atoms with Crippen LogP contribution in [-0.2, 0) is 6.18 Å². The van der Waals surface area contributed by atoms with Crippen molar-refractivity contribution < 1.29 is 27.1 Å². The number of nitrogens with one attached hydrogen (secondary N) is 1. The van der Waals surface area contributed by atoms with E-state index in [1.54, 1.807) is 24.4 Å². The van der Waals surface area contributed by atoms with Crippen LogP contribution in [0, 0.1) is 5.82 Å². The van der Waals surface area contributed by atoms with Crippen LogP contribution < -0.4 is 10.1 Å². The van der Waals surface area contributed by atoms with Gasteiger partial charge in [-0.3, -0.25) is 14.8 Å². The molecule has 0 saturated heterocycles. The normalized spacial score (nSPS) is 11.4. The average molecular weight is 427 g/mol. The predicted molar refractivity (Wildman–Crippen MR) is 105 cm³/mol. The van der Waals surface area contributed by atoms with Gasteiger partial charge in [-0.05, 0) is 42.5 Å². The quantitative estimate of drug-likeness (QED) is 0.416. The fourth-order valence-electron chi connectivity index (χ4n) is 2.83. The summed E-state index contributed by atoms with van der Waals surface area (Å²) in [6, 6.07) is 12.5. The Morgan fingerprint density at radius 1 is 0.903 bits per heavy atom. The highest BCUT2D eigenvalue weighted by molar-refractivity contribution is 6.04. The van der Waals surface area contributed by atoms with Gasteiger partial charge in [-0.1, -0.05) is 6.07 Å². The van der Waals surface area contributed by atoms with Gasteiger partial charge in [-0.25, -0.2) is 4.39 Å². The number of rotatable bonds is 4. The standard InChI is InChI=1S/C22H13F4N3O2/c23-17-11-15(29-21(30)13-2-1-3-14(10-13)22(24,25)26)4-7-20(17)31-16-5-6-18-19(12-16)28-9-8-27-18/h1-12H,(H,29,30). The van der Waals surface area contributed by atoms with Crippen LogP contribution in [0.4, 0.5) is 23.2 Å². The van der Waals surface area contributed by atoms with Crippen LogP contribution in [0.25, 0.3) is 11.0 Å². The molecule has 1 heterocycles. The fraction of sp³-hybridized carbons (Fsp3) is 0.0455. The Morgan fingerprint density at radius 3 is 2.42 bits per heavy atom. The Hall–Kier alpha value is -4.01. The lowest BCUT2D eigenvalue weighted by Gasteiger charge is -2.11. The van der Waals surface area contributed by atoms with Gasteiger partial charge in [0.1, 0.15) is 5.75 Å². The smallest absolute Gasteiger partial charge is 0.416 e. The summed E-state index contributed by atoms with van der Waals surface area (Å²) in [6.07, 6.45) is -1.50. The Labute approximate surface area is 173 Å². The van der Waals surface area contributed by atoms with Gasteiger partial charge in [0.2, 0.25) is 0 Å². The third-order valence-corrected chi connectivity index (χ3v) is 4.31. The molecule has 0 aliphatic carbocycles. The molecule has 31 heavy (non-hydrogen) atoms. The number of halogens is 4. The van der Waals surface area contributed by atoms with Gasteiger partial charge in [-0.2, -0.15) is 13.2 Å². The zero-order valence-corrected chi connectivity index (χ0v) is 15.7. The van der Waals surface area contributed by atoms with Crippen LogP contribution in [0.5, 0.6) is 11.5 Å². The van der Waals surface area contributed by atoms with Crippen LogP contribution in [-0.4, -0.2) is 15.9 Å². The molecule has 0 radical (unpaired) electrons. The molecule has 0 unspecified atom stereocenters. The van der Waals surface area contributed by atoms with E-state index in [4.69, 9.17) is 4.74 Å². The van der Waals surface area contributed by atoms with Crippen LogP contribution in [0.1, 0.15) is 15.9 Å². The van der Waals surface area contributed by atoms with Crippen molar-refractivity contribution in [3.63, 3.8) is 0 Å². The van der Waals surface area contributed by atoms with Gasteiger partial charge in [-0.15, -0.1) is 0 Å². The molecule has 0 spiro atoms. The van der Waals surface area contributed by atoms with Crippen LogP contribution in [0.15, 0.2) is 73.1 Å². The Balaban J connectivity index is 1.50. The van der Waals surface area contributed by atoms with E-state index in [0.717, 1.165) is 24.3 Å². The minimum Gasteiger partial charge on any atom is -0.454 e. The minimum atomic E-state index is -4.57. The molecule has 0 fully saturated rings. The molecule has 0 atom stereocenters. The number of alkyl halides is 3. The van der Waals surface area contributed by atoms with Crippen molar-refractivity contribution in [3.05, 3.63) is 90.0 Å². The Morgan fingerprint density at radius 2 is 1.68 bits per heavy atom. The summed E-state index contributed by atoms with van der Waals surface area (Å²) in [7, 11) is 0. The lowest BCUT2D eigenvalue weighted by Crippen LogP contribution is -2.14. The van der Waals surface area contributed by atoms with Crippen molar-refractivity contribution in [1.82, 2.24) is 9.97 Å². The van der Waals surface area contributed by atoms with Crippen molar-refractivity contribution in [2.75, 3.05) is 5.32 Å². The molecular weight excluding hydrogens is 414 g/mol. The lowest BCUT2D eigenvalue weighted by molar-refractivity contribution is -0.137. The molecule has 0 bridgehead atoms. The highest BCUT2D eigenvalue weighted by atomic mass is 19.4. The number of fused-ring (bicyclic) bond motifs is 1. The number of hydrogen-bond donors (Lipinski definition) is 1. The van der Waals surface area contributed by atoms with E-state index < -0.39 is 23.5 Å². The summed E-state index contributed by atoms with van der Waals surface area (Å²) >= 11 is 0. The molecule has 1 N–H and O–H groups in total. The first-order chi connectivity index (χ1) is 14.8. The van der Waals surface area contributed by atoms with Gasteiger partial charge >= 0.3 is 6.18 Å². The second-order valence-corrected chi connectivity index (χ2v) is 6.49. The van der Waals surface area contributed by atoms with E-state index in [1.165, 1.54) is 24.4 Å². The second kappa shape index (κ2) is 8.02. The summed E-state index contributed by atoms with van der Waals surface area (Å²) in [5.41, 5.74) is 0.146. The number of carbonyl (C=O) groups excluding carboxylic acids is 1. The lowest BCUT2D eigenvalue weighted by atomic mass is 10.1. The summed E-state index contributed by atoms with van der Waals surface area (Å²) in [5.74, 6) is -1.32. The number of nitrogens with zero attached hydrogens (tertiary/aromatic N) is 2. The minimum absolute atomic E-state index is 0.0663. The summed E-state index contributed by atoms with van der Waals surface area (Å²) in [5, 5.41) is 2.37. The molecule has 1 amide bonds. The number of anilines is 1. The summed E-state index contributed by atoms with van der Waals surface area (Å²) < 4.78 is 58.5. The molecule has 0 aliphatic heterocycles. The molecule has 4 aromatic rings. The SMILES string of the molecule is O=C(Nc1ccc(Oc2ccc3nccnc3c2)c(F)c1)c1cccc(C(F)(F)F)c1. The Bertz CT molecular complexity index is 1280. The second-order valence-electron chi connectivity index (χ2n) is 6.49. The molecule has 4 rings (SSSR count). The van der Waals surface area contributed by atoms with Crippen LogP contribution in [0.3, 0.4) is 0 Å². The number of benzene rings is 3. The van der Waals surface area contributed by atoms with Gasteiger partial charge in [0.05, 0.1) is 16.6 Å². The maximum atomic E-state index is 14.5. The third kappa shape index (κ3) is 4.61. The molecule has 3 aromatic carbocycles. The summed E-state index contributed by atoms with van der Waals surface area (Å²) in [4.78, 5) is 20.5. The van der Waals surface area contributed by atoms with E-state index in [1.807, 2.05) is 0 Å². The van der Waals surface area contributed by atoms with Crippen molar-refractivity contribution in [2.45, 2.75) is 6.18 Å². The Kier molecular flexibility index (Phi) is 5.24. The first-order valence-corrected chi connectivity index (χ1v) is 8.96. The highest BCUT2D eigenvalue weighted by Crippen LogP contribution is 2.30. The van der Waals surface area contributed by atoms with Crippen molar-refractivity contribution in [3.8, 4) is 11.5 Å². The first-order valence-electron chi connectivity index (χ1n) is 8.96. The van der Waals surface area contributed by atoms with E-state index in [0.29, 0.717) is 16.8 Å². The molecular formula is C22H13F4N3O2. The van der Waals surface area contributed by atoms with Crippen molar-refractivity contribution in [2.24, 2.45) is 0 Å². The fourth-order valence-corrected chi connectivity index (χ4v) is 2.83. The summed E-state index contributed by atoms with van der Waals surface area (Å²) in [6.45, 7) is 0. The molecule has 0 saturated carbocycles. The topological polar surface area (TPSA) is 64.1 Å². The zero-order valence-electron chi connectivity index (χ0n) is 15.7. The van der Waals surface area contributed by atoms with Gasteiger partial charge in [0.15, 0.2) is 11.6 Å². The number of carbonyl (C=O) groups is 1. The number of amides is 1. The molecule has 1 aromatic heterocycles. The molecule has 9 heteroatoms. The maximum Gasteiger partial charge on any atom is 0.416 e. The average Bonchev–Trinajstić information content (AvgIpc) is 2.75. The van der Waals surface area contributed by atoms with E-state index in [-0.39, 0.29) is 17.0 Å². The predicted octanol–water partition coefficient (Wildman–Crippen LogP) is 5.83. The molecule has 5 nitrogen and oxygen atoms in total. The van der Waals surface area contributed by atoms with Crippen molar-refractivity contribution in [1.29, 1.82) is 0 Å². The van der Waals surface area contributed by atoms with Crippen LogP contribution in [0.2, 0.25) is 0 Å². The monoisotopic (exact) mass is 427 g/mol. The van der Waals surface area contributed by atoms with Gasteiger partial charge < -0.3 is 10.1 Å². The highest BCUT2D eigenvalue weighted by Gasteiger charge is 2.30. The number of aromatic nitrogens is 2. The van der Waals surface area contributed by atoms with Crippen LogP contribution >= 0.6 is 0 Å². The number of ether oxygens (including phenoxy) is 1. The number of hydrogen-bond acceptors (Lipinski definition) is 4. The van der Waals surface area contributed by atoms with E-state index in [2.05, 4.69) is 15.3 Å². The first kappa shape index (κ1) is 20.3. The van der Waals surface area contributed by atoms with Crippen molar-refractivity contribution >= 4 is 22.6 Å². The zero-order chi connectivity index (χ0) is 22.0. The van der Waals surface area contributed by atoms with Gasteiger partial charge in [0, 0.05) is 35.8 Å². The molecule has 0 aliphatic rings.